The monoisotopic (exact) mass is 457 g/mol. The summed E-state index contributed by atoms with van der Waals surface area (Å²) in [5, 5.41) is 29.8. The fourth-order valence-corrected chi connectivity index (χ4v) is 5.68. The Balaban J connectivity index is 1.91. The van der Waals surface area contributed by atoms with Crippen LogP contribution in [0, 0.1) is 0 Å². The molecule has 12 nitrogen and oxygen atoms in total. The van der Waals surface area contributed by atoms with Crippen LogP contribution in [-0.2, 0) is 13.8 Å². The first-order valence-corrected chi connectivity index (χ1v) is 11.7. The lowest BCUT2D eigenvalue weighted by atomic mass is 9.80. The third kappa shape index (κ3) is 3.12. The van der Waals surface area contributed by atoms with Crippen molar-refractivity contribution in [3.63, 3.8) is 0 Å². The summed E-state index contributed by atoms with van der Waals surface area (Å²) in [4.78, 5) is 23.3. The van der Waals surface area contributed by atoms with E-state index in [9.17, 15) is 24.8 Å². The summed E-state index contributed by atoms with van der Waals surface area (Å²) in [7, 11) is -4.55. The van der Waals surface area contributed by atoms with Gasteiger partial charge in [0.1, 0.15) is 30.5 Å². The number of nitrogen functional groups attached to an aromatic ring is 1. The molecule has 2 aromatic heterocycles. The summed E-state index contributed by atoms with van der Waals surface area (Å²) < 4.78 is 26.3. The summed E-state index contributed by atoms with van der Waals surface area (Å²) in [6, 6.07) is 0. The third-order valence-electron chi connectivity index (χ3n) is 6.64. The number of nitrogens with zero attached hydrogens (tertiary/aromatic N) is 4. The molecule has 8 atom stereocenters. The molecule has 1 saturated heterocycles. The standard InChI is InChI=1S/C18H28N5O7P/c1-5-17(3,30-31(27,28)18(4,26)6-2)8-12-10(24)11(25)16(29-12)23-14(8)22-9-13(19)20-7-21-15(9)23/h7-8,10-12,16,24-26H,5-6H2,1-4H3,(H,27,28)(H2,19,20,21)/t8?,10-,11+,12?,16?,17?,18?/m0/s1. The number of anilines is 1. The number of nitrogens with two attached hydrogens (primary N) is 1. The number of imidazole rings is 1. The molecule has 172 valence electrons. The van der Waals surface area contributed by atoms with Gasteiger partial charge in [-0.3, -0.25) is 13.7 Å². The van der Waals surface area contributed by atoms with Crippen LogP contribution in [0.3, 0.4) is 0 Å². The van der Waals surface area contributed by atoms with Crippen molar-refractivity contribution >= 4 is 24.6 Å². The predicted molar refractivity (Wildman–Crippen MR) is 109 cm³/mol. The highest BCUT2D eigenvalue weighted by atomic mass is 31.2. The van der Waals surface area contributed by atoms with E-state index < -0.39 is 49.0 Å². The van der Waals surface area contributed by atoms with Crippen molar-refractivity contribution in [1.82, 2.24) is 19.5 Å². The molecule has 2 aromatic rings. The summed E-state index contributed by atoms with van der Waals surface area (Å²) in [5.41, 5.74) is 5.14. The van der Waals surface area contributed by atoms with Crippen molar-refractivity contribution in [1.29, 1.82) is 0 Å². The second-order valence-electron chi connectivity index (χ2n) is 8.57. The highest BCUT2D eigenvalue weighted by molar-refractivity contribution is 7.54. The fourth-order valence-electron chi connectivity index (χ4n) is 4.28. The molecule has 4 heterocycles. The molecule has 0 amide bonds. The predicted octanol–water partition coefficient (Wildman–Crippen LogP) is 0.614. The van der Waals surface area contributed by atoms with Crippen LogP contribution in [0.25, 0.3) is 11.2 Å². The fraction of sp³-hybridized carbons (Fsp3) is 0.722. The molecule has 0 saturated carbocycles. The minimum atomic E-state index is -4.55. The van der Waals surface area contributed by atoms with E-state index in [0.29, 0.717) is 11.5 Å². The molecule has 0 spiro atoms. The molecule has 2 aliphatic rings. The molecule has 0 aromatic carbocycles. The molecular formula is C18H28N5O7P. The SMILES string of the molecule is CCC(C)(OP(=O)(O)C(C)(O)CC)C1c2nc3c(N)ncnc3n2C2OC1[C@@H](O)[C@H]2O. The maximum atomic E-state index is 13.0. The van der Waals surface area contributed by atoms with Gasteiger partial charge in [-0.15, -0.1) is 0 Å². The molecule has 1 fully saturated rings. The van der Waals surface area contributed by atoms with Gasteiger partial charge in [0, 0.05) is 0 Å². The number of aromatic nitrogens is 4. The van der Waals surface area contributed by atoms with Crippen molar-refractivity contribution in [2.24, 2.45) is 0 Å². The number of rotatable bonds is 6. The summed E-state index contributed by atoms with van der Waals surface area (Å²) >= 11 is 0. The summed E-state index contributed by atoms with van der Waals surface area (Å²) in [6.45, 7) is 6.14. The van der Waals surface area contributed by atoms with Gasteiger partial charge in [0.25, 0.3) is 0 Å². The van der Waals surface area contributed by atoms with E-state index in [0.717, 1.165) is 0 Å². The van der Waals surface area contributed by atoms with Crippen LogP contribution in [0.15, 0.2) is 6.33 Å². The highest BCUT2D eigenvalue weighted by Crippen LogP contribution is 2.62. The molecule has 13 heteroatoms. The number of hydrogen-bond donors (Lipinski definition) is 5. The highest BCUT2D eigenvalue weighted by Gasteiger charge is 2.61. The Kier molecular flexibility index (Phi) is 5.21. The number of fused-ring (bicyclic) bond motifs is 6. The van der Waals surface area contributed by atoms with E-state index >= 15 is 0 Å². The van der Waals surface area contributed by atoms with Gasteiger partial charge in [0.2, 0.25) is 0 Å². The van der Waals surface area contributed by atoms with Crippen molar-refractivity contribution in [2.45, 2.75) is 81.9 Å². The van der Waals surface area contributed by atoms with Crippen LogP contribution in [0.1, 0.15) is 58.5 Å². The lowest BCUT2D eigenvalue weighted by Gasteiger charge is -2.44. The van der Waals surface area contributed by atoms with Crippen LogP contribution in [0.2, 0.25) is 0 Å². The third-order valence-corrected chi connectivity index (χ3v) is 8.84. The van der Waals surface area contributed by atoms with E-state index in [2.05, 4.69) is 15.0 Å². The van der Waals surface area contributed by atoms with Gasteiger partial charge in [-0.05, 0) is 26.7 Å². The normalized spacial score (nSPS) is 33.5. The van der Waals surface area contributed by atoms with Crippen molar-refractivity contribution in [2.75, 3.05) is 5.73 Å². The molecule has 0 aliphatic carbocycles. The van der Waals surface area contributed by atoms with Gasteiger partial charge in [0.15, 0.2) is 28.6 Å². The van der Waals surface area contributed by atoms with Crippen LogP contribution >= 0.6 is 7.60 Å². The molecular weight excluding hydrogens is 429 g/mol. The van der Waals surface area contributed by atoms with Crippen LogP contribution in [-0.4, -0.2) is 69.0 Å². The van der Waals surface area contributed by atoms with E-state index in [4.69, 9.17) is 15.0 Å². The molecule has 4 rings (SSSR count). The number of aliphatic hydroxyl groups excluding tert-OH is 2. The van der Waals surface area contributed by atoms with E-state index in [1.165, 1.54) is 17.8 Å². The van der Waals surface area contributed by atoms with Crippen LogP contribution in [0.5, 0.6) is 0 Å². The molecule has 0 radical (unpaired) electrons. The Hall–Kier alpha value is -1.66. The zero-order chi connectivity index (χ0) is 22.9. The molecule has 31 heavy (non-hydrogen) atoms. The topological polar surface area (TPSA) is 186 Å². The van der Waals surface area contributed by atoms with Crippen molar-refractivity contribution in [3.05, 3.63) is 12.2 Å². The molecule has 6 unspecified atom stereocenters. The quantitative estimate of drug-likeness (QED) is 0.383. The Labute approximate surface area is 178 Å². The maximum absolute atomic E-state index is 13.0. The first kappa shape index (κ1) is 22.5. The zero-order valence-electron chi connectivity index (χ0n) is 17.7. The minimum Gasteiger partial charge on any atom is -0.387 e. The second kappa shape index (κ2) is 7.17. The van der Waals surface area contributed by atoms with Gasteiger partial charge in [0.05, 0.1) is 11.5 Å². The number of hydrogen-bond acceptors (Lipinski definition) is 10. The molecule has 2 bridgehead atoms. The second-order valence-corrected chi connectivity index (χ2v) is 10.8. The first-order valence-electron chi connectivity index (χ1n) is 10.1. The Morgan fingerprint density at radius 2 is 1.94 bits per heavy atom. The number of ether oxygens (including phenoxy) is 1. The summed E-state index contributed by atoms with van der Waals surface area (Å²) in [6.07, 6.45) is -3.09. The first-order chi connectivity index (χ1) is 14.4. The van der Waals surface area contributed by atoms with Gasteiger partial charge >= 0.3 is 7.60 Å². The lowest BCUT2D eigenvalue weighted by molar-refractivity contribution is -0.109. The minimum absolute atomic E-state index is 0.0147. The summed E-state index contributed by atoms with van der Waals surface area (Å²) in [5.74, 6) is -0.431. The van der Waals surface area contributed by atoms with E-state index in [1.807, 2.05) is 0 Å². The van der Waals surface area contributed by atoms with Crippen molar-refractivity contribution in [3.8, 4) is 0 Å². The van der Waals surface area contributed by atoms with Gasteiger partial charge < -0.3 is 30.7 Å². The van der Waals surface area contributed by atoms with Gasteiger partial charge in [-0.1, -0.05) is 13.8 Å². The van der Waals surface area contributed by atoms with Crippen LogP contribution in [0.4, 0.5) is 5.82 Å². The van der Waals surface area contributed by atoms with Crippen LogP contribution < -0.4 is 5.73 Å². The Morgan fingerprint density at radius 1 is 1.26 bits per heavy atom. The maximum Gasteiger partial charge on any atom is 0.359 e. The largest absolute Gasteiger partial charge is 0.387 e. The molecule has 2 aliphatic heterocycles. The number of aliphatic hydroxyl groups is 3. The smallest absolute Gasteiger partial charge is 0.359 e. The Bertz CT molecular complexity index is 1060. The average Bonchev–Trinajstić information content (AvgIpc) is 3.21. The van der Waals surface area contributed by atoms with Crippen molar-refractivity contribution < 1.29 is 34.0 Å². The van der Waals surface area contributed by atoms with Gasteiger partial charge in [-0.25, -0.2) is 15.0 Å². The van der Waals surface area contributed by atoms with E-state index in [-0.39, 0.29) is 24.2 Å². The Morgan fingerprint density at radius 3 is 2.55 bits per heavy atom. The zero-order valence-corrected chi connectivity index (χ0v) is 18.6. The lowest BCUT2D eigenvalue weighted by Crippen LogP contribution is -2.48. The van der Waals surface area contributed by atoms with E-state index in [1.54, 1.807) is 20.8 Å². The average molecular weight is 457 g/mol. The van der Waals surface area contributed by atoms with Gasteiger partial charge in [-0.2, -0.15) is 0 Å². The molecule has 6 N–H and O–H groups in total.